The summed E-state index contributed by atoms with van der Waals surface area (Å²) in [7, 11) is 4.13. The van der Waals surface area contributed by atoms with E-state index in [0.717, 1.165) is 21.9 Å². The van der Waals surface area contributed by atoms with Crippen molar-refractivity contribution in [1.29, 1.82) is 0 Å². The molecule has 19 heavy (non-hydrogen) atoms. The second kappa shape index (κ2) is 4.61. The average molecular weight is 278 g/mol. The van der Waals surface area contributed by atoms with Crippen LogP contribution in [0.4, 0.5) is 0 Å². The maximum atomic E-state index is 12.6. The normalized spacial score (nSPS) is 16.9. The first-order valence-electron chi connectivity index (χ1n) is 6.23. The van der Waals surface area contributed by atoms with Crippen molar-refractivity contribution < 1.29 is 8.42 Å². The van der Waals surface area contributed by atoms with Gasteiger partial charge in [-0.05, 0) is 45.0 Å². The van der Waals surface area contributed by atoms with E-state index in [0.29, 0.717) is 11.4 Å². The predicted molar refractivity (Wildman–Crippen MR) is 76.1 cm³/mol. The molecule has 4 nitrogen and oxygen atoms in total. The highest BCUT2D eigenvalue weighted by molar-refractivity contribution is 7.90. The Kier molecular flexibility index (Phi) is 3.54. The zero-order chi connectivity index (χ0) is 14.4. The van der Waals surface area contributed by atoms with Gasteiger partial charge in [0.2, 0.25) is 18.0 Å². The lowest BCUT2D eigenvalue weighted by Crippen LogP contribution is -2.43. The van der Waals surface area contributed by atoms with Gasteiger partial charge in [-0.3, -0.25) is 4.90 Å². The third kappa shape index (κ3) is 2.57. The topological polar surface area (TPSA) is 40.6 Å². The number of nitrogens with zero attached hydrogens (tertiary/aromatic N) is 2. The average Bonchev–Trinajstić information content (AvgIpc) is 2.66. The van der Waals surface area contributed by atoms with Gasteiger partial charge >= 0.3 is 0 Å². The Balaban J connectivity index is 2.52. The summed E-state index contributed by atoms with van der Waals surface area (Å²) in [6.45, 7) is 6.75. The highest BCUT2D eigenvalue weighted by Crippen LogP contribution is 2.31. The second-order valence-corrected chi connectivity index (χ2v) is 7.82. The van der Waals surface area contributed by atoms with Crippen LogP contribution in [0.1, 0.15) is 31.9 Å². The number of rotatable bonds is 2. The smallest absolute Gasteiger partial charge is 0.232 e. The fourth-order valence-corrected chi connectivity index (χ4v) is 3.95. The van der Waals surface area contributed by atoms with Gasteiger partial charge in [0.05, 0.1) is 4.90 Å². The van der Waals surface area contributed by atoms with E-state index >= 15 is 0 Å². The quantitative estimate of drug-likeness (QED) is 0.770. The first kappa shape index (κ1) is 14.6. The van der Waals surface area contributed by atoms with Crippen molar-refractivity contribution in [2.45, 2.75) is 44.3 Å². The molecule has 1 aliphatic heterocycles. The molecule has 2 rings (SSSR count). The van der Waals surface area contributed by atoms with Crippen molar-refractivity contribution in [3.8, 4) is 0 Å². The van der Waals surface area contributed by atoms with Gasteiger partial charge in [0.15, 0.2) is 0 Å². The molecule has 0 aliphatic carbocycles. The first-order valence-corrected chi connectivity index (χ1v) is 7.67. The van der Waals surface area contributed by atoms with Crippen molar-refractivity contribution in [3.05, 3.63) is 29.3 Å². The van der Waals surface area contributed by atoms with Crippen molar-refractivity contribution >= 4 is 18.0 Å². The van der Waals surface area contributed by atoms with E-state index in [1.165, 1.54) is 0 Å². The molecule has 0 aromatic heterocycles. The van der Waals surface area contributed by atoms with E-state index in [1.54, 1.807) is 32.9 Å². The number of hydrogen-bond acceptors (Lipinski definition) is 3. The Bertz CT molecular complexity index is 593. The monoisotopic (exact) mass is 278 g/mol. The lowest BCUT2D eigenvalue weighted by Gasteiger charge is -2.32. The van der Waals surface area contributed by atoms with Crippen molar-refractivity contribution in [2.75, 3.05) is 7.05 Å². The molecule has 1 heterocycles. The standard InChI is InChI=1S/C13H19BN2O2S/c1-13(2,3)16(14)19(17,18)12-7-5-6-10-8-15(4)9-11(10)12/h5-7H,8-9H2,1-4H3. The molecule has 0 unspecified atom stereocenters. The summed E-state index contributed by atoms with van der Waals surface area (Å²) in [5, 5.41) is 0. The zero-order valence-electron chi connectivity index (χ0n) is 11.8. The fraction of sp³-hybridized carbons (Fsp3) is 0.538. The van der Waals surface area contributed by atoms with Gasteiger partial charge < -0.3 is 0 Å². The number of benzene rings is 1. The van der Waals surface area contributed by atoms with Crippen LogP contribution in [0.3, 0.4) is 0 Å². The molecule has 1 aromatic rings. The number of sulfonamides is 1. The van der Waals surface area contributed by atoms with Crippen LogP contribution in [0.15, 0.2) is 23.1 Å². The molecule has 6 heteroatoms. The molecule has 0 amide bonds. The summed E-state index contributed by atoms with van der Waals surface area (Å²) in [6.07, 6.45) is 0. The molecule has 0 fully saturated rings. The zero-order valence-corrected chi connectivity index (χ0v) is 12.7. The van der Waals surface area contributed by atoms with Crippen LogP contribution in [0, 0.1) is 0 Å². The molecule has 2 radical (unpaired) electrons. The van der Waals surface area contributed by atoms with Crippen LogP contribution in [0.5, 0.6) is 0 Å². The van der Waals surface area contributed by atoms with E-state index in [9.17, 15) is 8.42 Å². The van der Waals surface area contributed by atoms with Crippen LogP contribution in [-0.2, 0) is 23.1 Å². The van der Waals surface area contributed by atoms with Crippen LogP contribution in [-0.4, -0.2) is 38.1 Å². The third-order valence-electron chi connectivity index (χ3n) is 3.30. The summed E-state index contributed by atoms with van der Waals surface area (Å²) in [4.78, 5) is 2.41. The molecule has 102 valence electrons. The van der Waals surface area contributed by atoms with Crippen LogP contribution in [0.2, 0.25) is 0 Å². The Morgan fingerprint density at radius 3 is 2.47 bits per heavy atom. The summed E-state index contributed by atoms with van der Waals surface area (Å²) in [6, 6.07) is 5.39. The molecular weight excluding hydrogens is 259 g/mol. The highest BCUT2D eigenvalue weighted by atomic mass is 32.2. The van der Waals surface area contributed by atoms with E-state index < -0.39 is 15.6 Å². The minimum atomic E-state index is -3.66. The van der Waals surface area contributed by atoms with Crippen LogP contribution in [0.25, 0.3) is 0 Å². The van der Waals surface area contributed by atoms with Gasteiger partial charge in [-0.25, -0.2) is 12.6 Å². The summed E-state index contributed by atoms with van der Waals surface area (Å²) in [5.41, 5.74) is 1.28. The van der Waals surface area contributed by atoms with Gasteiger partial charge in [0.1, 0.15) is 0 Å². The Hall–Kier alpha value is -0.845. The highest BCUT2D eigenvalue weighted by Gasteiger charge is 2.33. The molecule has 1 aromatic carbocycles. The van der Waals surface area contributed by atoms with Crippen molar-refractivity contribution in [2.24, 2.45) is 0 Å². The molecule has 0 bridgehead atoms. The number of hydrogen-bond donors (Lipinski definition) is 0. The largest absolute Gasteiger partial charge is 0.298 e. The van der Waals surface area contributed by atoms with Gasteiger partial charge in [-0.15, -0.1) is 0 Å². The van der Waals surface area contributed by atoms with Gasteiger partial charge in [-0.1, -0.05) is 12.1 Å². The van der Waals surface area contributed by atoms with Gasteiger partial charge in [0.25, 0.3) is 0 Å². The summed E-state index contributed by atoms with van der Waals surface area (Å²) >= 11 is 0. The molecule has 0 saturated heterocycles. The van der Waals surface area contributed by atoms with Gasteiger partial charge in [-0.2, -0.15) is 0 Å². The lowest BCUT2D eigenvalue weighted by molar-refractivity contribution is 0.350. The molecule has 0 atom stereocenters. The molecule has 1 aliphatic rings. The molecule has 0 saturated carbocycles. The number of fused-ring (bicyclic) bond motifs is 1. The van der Waals surface area contributed by atoms with Crippen LogP contribution >= 0.6 is 0 Å². The van der Waals surface area contributed by atoms with Crippen molar-refractivity contribution in [1.82, 2.24) is 9.12 Å². The SMILES string of the molecule is [B]N(C(C)(C)C)S(=O)(=O)c1cccc2c1CN(C)C2. The minimum Gasteiger partial charge on any atom is -0.298 e. The van der Waals surface area contributed by atoms with E-state index in [4.69, 9.17) is 7.98 Å². The lowest BCUT2D eigenvalue weighted by atomic mass is 10.1. The fourth-order valence-electron chi connectivity index (χ4n) is 2.26. The predicted octanol–water partition coefficient (Wildman–Crippen LogP) is 1.50. The van der Waals surface area contributed by atoms with E-state index in [-0.39, 0.29) is 0 Å². The van der Waals surface area contributed by atoms with Crippen LogP contribution < -0.4 is 0 Å². The maximum Gasteiger partial charge on any atom is 0.232 e. The van der Waals surface area contributed by atoms with Crippen molar-refractivity contribution in [3.63, 3.8) is 0 Å². The summed E-state index contributed by atoms with van der Waals surface area (Å²) in [5.74, 6) is 0. The molecule has 0 N–H and O–H groups in total. The Labute approximate surface area is 116 Å². The Morgan fingerprint density at radius 1 is 1.26 bits per heavy atom. The minimum absolute atomic E-state index is 0.326. The summed E-state index contributed by atoms with van der Waals surface area (Å²) < 4.78 is 26.2. The van der Waals surface area contributed by atoms with Gasteiger partial charge in [0, 0.05) is 18.6 Å². The first-order chi connectivity index (χ1) is 8.64. The Morgan fingerprint density at radius 2 is 1.89 bits per heavy atom. The second-order valence-electron chi connectivity index (χ2n) is 6.04. The van der Waals surface area contributed by atoms with E-state index in [2.05, 4.69) is 4.90 Å². The third-order valence-corrected chi connectivity index (χ3v) is 5.30. The molecular formula is C13H19BN2O2S. The van der Waals surface area contributed by atoms with E-state index in [1.807, 2.05) is 13.1 Å². The maximum absolute atomic E-state index is 12.6. The molecule has 0 spiro atoms.